The summed E-state index contributed by atoms with van der Waals surface area (Å²) in [6, 6.07) is 9.52. The molecule has 0 spiro atoms. The van der Waals surface area contributed by atoms with Crippen molar-refractivity contribution in [3.8, 4) is 23.0 Å². The second-order valence-electron chi connectivity index (χ2n) is 9.42. The summed E-state index contributed by atoms with van der Waals surface area (Å²) in [6.45, 7) is 7.54. The number of rotatable bonds is 11. The summed E-state index contributed by atoms with van der Waals surface area (Å²) in [5, 5.41) is 0. The number of nitrogens with zero attached hydrogens (tertiary/aromatic N) is 2. The van der Waals surface area contributed by atoms with Gasteiger partial charge in [0.15, 0.2) is 27.8 Å². The summed E-state index contributed by atoms with van der Waals surface area (Å²) < 4.78 is 29.3. The fraction of sp³-hybridized carbons (Fsp3) is 0.355. The SMILES string of the molecule is CCCCOc1ccc(/C=c2/sc3n(c2=O)C(c2ccc(OC(C)=O)c(OC)c2)C(C(=O)OCC)=C(C)N=3)cc1OC. The highest BCUT2D eigenvalue weighted by Crippen LogP contribution is 2.36. The number of thiazole rings is 1. The number of carbonyl (C=O) groups is 2. The van der Waals surface area contributed by atoms with Gasteiger partial charge in [-0.2, -0.15) is 0 Å². The molecule has 2 aromatic carbocycles. The monoisotopic (exact) mass is 594 g/mol. The Morgan fingerprint density at radius 3 is 2.40 bits per heavy atom. The zero-order chi connectivity index (χ0) is 30.4. The predicted molar refractivity (Wildman–Crippen MR) is 158 cm³/mol. The first-order valence-corrected chi connectivity index (χ1v) is 14.4. The van der Waals surface area contributed by atoms with Crippen molar-refractivity contribution in [1.29, 1.82) is 0 Å². The summed E-state index contributed by atoms with van der Waals surface area (Å²) in [4.78, 5) is 43.8. The maximum absolute atomic E-state index is 13.9. The van der Waals surface area contributed by atoms with E-state index in [1.54, 1.807) is 45.2 Å². The molecule has 1 unspecified atom stereocenters. The van der Waals surface area contributed by atoms with E-state index >= 15 is 0 Å². The summed E-state index contributed by atoms with van der Waals surface area (Å²) in [7, 11) is 3.01. The van der Waals surface area contributed by atoms with E-state index in [-0.39, 0.29) is 29.2 Å². The number of carbonyl (C=O) groups excluding carboxylic acids is 2. The van der Waals surface area contributed by atoms with Crippen molar-refractivity contribution in [3.63, 3.8) is 0 Å². The fourth-order valence-electron chi connectivity index (χ4n) is 4.57. The lowest BCUT2D eigenvalue weighted by Gasteiger charge is -2.25. The van der Waals surface area contributed by atoms with Crippen LogP contribution in [0.2, 0.25) is 0 Å². The summed E-state index contributed by atoms with van der Waals surface area (Å²) in [5.74, 6) is 0.599. The summed E-state index contributed by atoms with van der Waals surface area (Å²) in [5.41, 5.74) is 1.63. The van der Waals surface area contributed by atoms with Crippen LogP contribution < -0.4 is 33.8 Å². The molecule has 0 saturated carbocycles. The molecule has 0 aliphatic carbocycles. The van der Waals surface area contributed by atoms with Gasteiger partial charge in [0.05, 0.1) is 49.3 Å². The largest absolute Gasteiger partial charge is 0.493 e. The summed E-state index contributed by atoms with van der Waals surface area (Å²) >= 11 is 1.21. The number of benzene rings is 2. The number of allylic oxidation sites excluding steroid dienone is 1. The number of fused-ring (bicyclic) bond motifs is 1. The highest BCUT2D eigenvalue weighted by molar-refractivity contribution is 7.07. The number of hydrogen-bond acceptors (Lipinski definition) is 10. The minimum atomic E-state index is -0.855. The van der Waals surface area contributed by atoms with E-state index in [2.05, 4.69) is 11.9 Å². The van der Waals surface area contributed by atoms with Gasteiger partial charge in [-0.05, 0) is 61.7 Å². The second kappa shape index (κ2) is 13.5. The van der Waals surface area contributed by atoms with Crippen LogP contribution in [-0.2, 0) is 14.3 Å². The standard InChI is InChI=1S/C31H34N2O8S/c1-7-9-14-40-22-12-10-20(15-24(22)37-5)16-26-29(35)33-28(21-11-13-23(41-19(4)34)25(17-21)38-6)27(30(36)39-8-2)18(3)32-31(33)42-26/h10-13,15-17,28H,7-9,14H2,1-6H3/b26-16+. The van der Waals surface area contributed by atoms with Crippen LogP contribution in [0.15, 0.2) is 57.5 Å². The van der Waals surface area contributed by atoms with Gasteiger partial charge in [0.25, 0.3) is 5.56 Å². The first-order valence-electron chi connectivity index (χ1n) is 13.6. The topological polar surface area (TPSA) is 115 Å². The molecule has 0 bridgehead atoms. The smallest absolute Gasteiger partial charge is 0.338 e. The van der Waals surface area contributed by atoms with Crippen LogP contribution in [0.25, 0.3) is 6.08 Å². The quantitative estimate of drug-likeness (QED) is 0.187. The average molecular weight is 595 g/mol. The Kier molecular flexibility index (Phi) is 9.84. The molecule has 1 aromatic heterocycles. The van der Waals surface area contributed by atoms with Gasteiger partial charge in [0, 0.05) is 6.92 Å². The van der Waals surface area contributed by atoms with Crippen LogP contribution in [-0.4, -0.2) is 43.9 Å². The molecule has 0 radical (unpaired) electrons. The van der Waals surface area contributed by atoms with E-state index in [0.717, 1.165) is 18.4 Å². The van der Waals surface area contributed by atoms with E-state index in [9.17, 15) is 14.4 Å². The first kappa shape index (κ1) is 30.6. The van der Waals surface area contributed by atoms with E-state index in [1.807, 2.05) is 18.2 Å². The van der Waals surface area contributed by atoms with Crippen molar-refractivity contribution in [2.75, 3.05) is 27.4 Å². The van der Waals surface area contributed by atoms with Crippen molar-refractivity contribution >= 4 is 29.4 Å². The number of esters is 2. The Morgan fingerprint density at radius 1 is 1.02 bits per heavy atom. The molecule has 1 aliphatic rings. The lowest BCUT2D eigenvalue weighted by molar-refractivity contribution is -0.139. The molecular weight excluding hydrogens is 560 g/mol. The number of hydrogen-bond donors (Lipinski definition) is 0. The molecule has 0 saturated heterocycles. The molecule has 222 valence electrons. The van der Waals surface area contributed by atoms with Gasteiger partial charge in [-0.25, -0.2) is 9.79 Å². The van der Waals surface area contributed by atoms with Crippen molar-refractivity contribution in [3.05, 3.63) is 78.5 Å². The van der Waals surface area contributed by atoms with Crippen LogP contribution in [0.1, 0.15) is 57.7 Å². The third-order valence-corrected chi connectivity index (χ3v) is 7.50. The number of unbranched alkanes of at least 4 members (excludes halogenated alkanes) is 1. The number of ether oxygens (including phenoxy) is 5. The molecular formula is C31H34N2O8S. The molecule has 2 heterocycles. The van der Waals surface area contributed by atoms with Crippen molar-refractivity contribution in [1.82, 2.24) is 4.57 Å². The molecule has 1 aliphatic heterocycles. The molecule has 1 atom stereocenters. The second-order valence-corrected chi connectivity index (χ2v) is 10.4. The zero-order valence-electron chi connectivity index (χ0n) is 24.5. The highest BCUT2D eigenvalue weighted by atomic mass is 32.1. The van der Waals surface area contributed by atoms with Crippen molar-refractivity contribution < 1.29 is 33.3 Å². The summed E-state index contributed by atoms with van der Waals surface area (Å²) in [6.07, 6.45) is 3.70. The fourth-order valence-corrected chi connectivity index (χ4v) is 5.62. The van der Waals surface area contributed by atoms with E-state index in [1.165, 1.54) is 29.9 Å². The average Bonchev–Trinajstić information content (AvgIpc) is 3.26. The predicted octanol–water partition coefficient (Wildman–Crippen LogP) is 3.92. The van der Waals surface area contributed by atoms with Gasteiger partial charge < -0.3 is 23.7 Å². The minimum Gasteiger partial charge on any atom is -0.493 e. The van der Waals surface area contributed by atoms with E-state index in [4.69, 9.17) is 23.7 Å². The van der Waals surface area contributed by atoms with Crippen molar-refractivity contribution in [2.45, 2.75) is 46.6 Å². The number of aromatic nitrogens is 1. The molecule has 10 nitrogen and oxygen atoms in total. The molecule has 0 N–H and O–H groups in total. The van der Waals surface area contributed by atoms with Gasteiger partial charge in [-0.1, -0.05) is 36.8 Å². The van der Waals surface area contributed by atoms with Gasteiger partial charge in [-0.3, -0.25) is 14.2 Å². The third kappa shape index (κ3) is 6.41. The Morgan fingerprint density at radius 2 is 1.74 bits per heavy atom. The third-order valence-electron chi connectivity index (χ3n) is 6.52. The molecule has 0 amide bonds. The zero-order valence-corrected chi connectivity index (χ0v) is 25.3. The molecule has 4 rings (SSSR count). The van der Waals surface area contributed by atoms with Crippen molar-refractivity contribution in [2.24, 2.45) is 4.99 Å². The Labute approximate surface area is 247 Å². The molecule has 3 aromatic rings. The van der Waals surface area contributed by atoms with Gasteiger partial charge in [0.1, 0.15) is 0 Å². The molecule has 42 heavy (non-hydrogen) atoms. The Bertz CT molecular complexity index is 1700. The Balaban J connectivity index is 1.86. The maximum atomic E-state index is 13.9. The van der Waals surface area contributed by atoms with Gasteiger partial charge in [0.2, 0.25) is 0 Å². The van der Waals surface area contributed by atoms with E-state index < -0.39 is 18.0 Å². The Hall–Kier alpha value is -4.38. The normalized spacial score (nSPS) is 14.6. The first-order chi connectivity index (χ1) is 20.2. The van der Waals surface area contributed by atoms with Gasteiger partial charge >= 0.3 is 11.9 Å². The lowest BCUT2D eigenvalue weighted by Crippen LogP contribution is -2.40. The number of methoxy groups -OCH3 is 2. The van der Waals surface area contributed by atoms with Crippen LogP contribution in [0.4, 0.5) is 0 Å². The van der Waals surface area contributed by atoms with Crippen LogP contribution in [0, 0.1) is 0 Å². The maximum Gasteiger partial charge on any atom is 0.338 e. The molecule has 0 fully saturated rings. The van der Waals surface area contributed by atoms with Crippen LogP contribution in [0.5, 0.6) is 23.0 Å². The van der Waals surface area contributed by atoms with E-state index in [0.29, 0.717) is 38.7 Å². The molecule has 11 heteroatoms. The highest BCUT2D eigenvalue weighted by Gasteiger charge is 2.34. The van der Waals surface area contributed by atoms with Crippen LogP contribution >= 0.6 is 11.3 Å². The lowest BCUT2D eigenvalue weighted by atomic mass is 9.95. The van der Waals surface area contributed by atoms with Gasteiger partial charge in [-0.15, -0.1) is 0 Å². The van der Waals surface area contributed by atoms with Crippen LogP contribution in [0.3, 0.4) is 0 Å². The minimum absolute atomic E-state index is 0.154.